The van der Waals surface area contributed by atoms with E-state index in [0.717, 1.165) is 24.7 Å². The zero-order valence-corrected chi connectivity index (χ0v) is 13.2. The number of hydrogen-bond donors (Lipinski definition) is 1. The minimum absolute atomic E-state index is 0.353. The van der Waals surface area contributed by atoms with Crippen LogP contribution in [0, 0.1) is 13.8 Å². The smallest absolute Gasteiger partial charge is 0.218 e. The highest BCUT2D eigenvalue weighted by atomic mass is 16.5. The van der Waals surface area contributed by atoms with Gasteiger partial charge < -0.3 is 10.1 Å². The van der Waals surface area contributed by atoms with Gasteiger partial charge in [0, 0.05) is 17.8 Å². The van der Waals surface area contributed by atoms with E-state index in [9.17, 15) is 0 Å². The first-order chi connectivity index (χ1) is 9.70. The molecule has 112 valence electrons. The molecule has 3 heteroatoms. The Balaban J connectivity index is 2.15. The van der Waals surface area contributed by atoms with Gasteiger partial charge in [0.2, 0.25) is 5.88 Å². The van der Waals surface area contributed by atoms with E-state index < -0.39 is 0 Å². The van der Waals surface area contributed by atoms with Crippen LogP contribution in [-0.4, -0.2) is 17.6 Å². The predicted molar refractivity (Wildman–Crippen MR) is 83.2 cm³/mol. The lowest BCUT2D eigenvalue weighted by molar-refractivity contribution is 0.173. The lowest BCUT2D eigenvalue weighted by Gasteiger charge is -2.20. The number of ether oxygens (including phenoxy) is 1. The molecule has 0 radical (unpaired) electrons. The highest BCUT2D eigenvalue weighted by Crippen LogP contribution is 2.26. The Labute approximate surface area is 123 Å². The van der Waals surface area contributed by atoms with Crippen molar-refractivity contribution in [3.8, 4) is 5.88 Å². The van der Waals surface area contributed by atoms with Crippen LogP contribution < -0.4 is 10.1 Å². The molecule has 1 fully saturated rings. The monoisotopic (exact) mass is 276 g/mol. The molecule has 0 spiro atoms. The van der Waals surface area contributed by atoms with Gasteiger partial charge >= 0.3 is 0 Å². The van der Waals surface area contributed by atoms with Gasteiger partial charge in [-0.1, -0.05) is 19.8 Å². The summed E-state index contributed by atoms with van der Waals surface area (Å²) in [5.41, 5.74) is 3.55. The lowest BCUT2D eigenvalue weighted by Crippen LogP contribution is -2.20. The number of aromatic nitrogens is 1. The summed E-state index contributed by atoms with van der Waals surface area (Å²) in [6, 6.07) is 2.15. The van der Waals surface area contributed by atoms with Gasteiger partial charge in [0.05, 0.1) is 0 Å². The highest BCUT2D eigenvalue weighted by Gasteiger charge is 2.17. The first kappa shape index (κ1) is 15.3. The topological polar surface area (TPSA) is 34.2 Å². The van der Waals surface area contributed by atoms with Crippen LogP contribution in [0.4, 0.5) is 0 Å². The number of nitrogens with zero attached hydrogens (tertiary/aromatic N) is 1. The van der Waals surface area contributed by atoms with Gasteiger partial charge in [-0.2, -0.15) is 0 Å². The van der Waals surface area contributed by atoms with E-state index in [1.807, 2.05) is 6.92 Å². The average Bonchev–Trinajstić information content (AvgIpc) is 2.66. The zero-order valence-electron chi connectivity index (χ0n) is 13.2. The standard InChI is InChI=1S/C17H28N2O/c1-4-18-12-16-13(2)11-14(3)19-17(16)20-15-9-7-5-6-8-10-15/h11,15,18H,4-10,12H2,1-3H3. The molecule has 0 saturated heterocycles. The molecule has 0 atom stereocenters. The molecule has 0 aromatic carbocycles. The van der Waals surface area contributed by atoms with Crippen molar-refractivity contribution in [2.45, 2.75) is 71.9 Å². The van der Waals surface area contributed by atoms with Crippen LogP contribution in [-0.2, 0) is 6.54 Å². The molecule has 1 N–H and O–H groups in total. The summed E-state index contributed by atoms with van der Waals surface area (Å²) >= 11 is 0. The summed E-state index contributed by atoms with van der Waals surface area (Å²) in [5, 5.41) is 3.39. The van der Waals surface area contributed by atoms with E-state index in [2.05, 4.69) is 30.2 Å². The van der Waals surface area contributed by atoms with Gasteiger partial charge in [-0.15, -0.1) is 0 Å². The van der Waals surface area contributed by atoms with E-state index in [1.54, 1.807) is 0 Å². The SMILES string of the molecule is CCNCc1c(C)cc(C)nc1OC1CCCCCC1. The van der Waals surface area contributed by atoms with E-state index in [0.29, 0.717) is 6.10 Å². The molecule has 1 aromatic rings. The molecule has 0 bridgehead atoms. The predicted octanol–water partition coefficient (Wildman–Crippen LogP) is 3.91. The van der Waals surface area contributed by atoms with Crippen LogP contribution in [0.15, 0.2) is 6.07 Å². The second-order valence-electron chi connectivity index (χ2n) is 5.88. The molecular weight excluding hydrogens is 248 g/mol. The van der Waals surface area contributed by atoms with Crippen molar-refractivity contribution in [1.29, 1.82) is 0 Å². The van der Waals surface area contributed by atoms with E-state index >= 15 is 0 Å². The maximum atomic E-state index is 6.27. The van der Waals surface area contributed by atoms with Gasteiger partial charge in [-0.05, 0) is 57.7 Å². The summed E-state index contributed by atoms with van der Waals surface area (Å²) in [6.45, 7) is 8.14. The second-order valence-corrected chi connectivity index (χ2v) is 5.88. The first-order valence-electron chi connectivity index (χ1n) is 8.05. The van der Waals surface area contributed by atoms with Crippen LogP contribution in [0.5, 0.6) is 5.88 Å². The summed E-state index contributed by atoms with van der Waals surface area (Å²) in [5.74, 6) is 0.857. The molecule has 0 aliphatic heterocycles. The van der Waals surface area contributed by atoms with Crippen molar-refractivity contribution >= 4 is 0 Å². The summed E-state index contributed by atoms with van der Waals surface area (Å²) in [7, 11) is 0. The fourth-order valence-corrected chi connectivity index (χ4v) is 2.91. The van der Waals surface area contributed by atoms with Crippen LogP contribution in [0.2, 0.25) is 0 Å². The third kappa shape index (κ3) is 4.20. The van der Waals surface area contributed by atoms with Crippen LogP contribution in [0.25, 0.3) is 0 Å². The van der Waals surface area contributed by atoms with Gasteiger partial charge in [-0.3, -0.25) is 0 Å². The van der Waals surface area contributed by atoms with Crippen molar-refractivity contribution in [3.05, 3.63) is 22.9 Å². The Bertz CT molecular complexity index is 423. The van der Waals surface area contributed by atoms with Crippen LogP contribution in [0.1, 0.15) is 62.3 Å². The Kier molecular flexibility index (Phi) is 5.84. The molecular formula is C17H28N2O. The van der Waals surface area contributed by atoms with Crippen molar-refractivity contribution in [2.75, 3.05) is 6.54 Å². The van der Waals surface area contributed by atoms with Gasteiger partial charge in [0.1, 0.15) is 6.10 Å². The Hall–Kier alpha value is -1.09. The third-order valence-electron chi connectivity index (χ3n) is 4.07. The molecule has 0 unspecified atom stereocenters. The molecule has 1 heterocycles. The molecule has 1 aromatic heterocycles. The molecule has 20 heavy (non-hydrogen) atoms. The maximum Gasteiger partial charge on any atom is 0.218 e. The van der Waals surface area contributed by atoms with E-state index in [1.165, 1.54) is 49.7 Å². The Morgan fingerprint density at radius 3 is 2.55 bits per heavy atom. The lowest BCUT2D eigenvalue weighted by atomic mass is 10.1. The molecule has 1 aliphatic rings. The molecule has 1 aliphatic carbocycles. The minimum atomic E-state index is 0.353. The Morgan fingerprint density at radius 1 is 1.20 bits per heavy atom. The highest BCUT2D eigenvalue weighted by molar-refractivity contribution is 5.36. The fraction of sp³-hybridized carbons (Fsp3) is 0.706. The summed E-state index contributed by atoms with van der Waals surface area (Å²) in [4.78, 5) is 4.65. The van der Waals surface area contributed by atoms with Crippen molar-refractivity contribution in [2.24, 2.45) is 0 Å². The Morgan fingerprint density at radius 2 is 1.90 bits per heavy atom. The molecule has 3 nitrogen and oxygen atoms in total. The maximum absolute atomic E-state index is 6.27. The second kappa shape index (κ2) is 7.63. The largest absolute Gasteiger partial charge is 0.474 e. The molecule has 0 amide bonds. The van der Waals surface area contributed by atoms with Crippen molar-refractivity contribution in [1.82, 2.24) is 10.3 Å². The molecule has 1 saturated carbocycles. The number of rotatable bonds is 5. The average molecular weight is 276 g/mol. The first-order valence-corrected chi connectivity index (χ1v) is 8.05. The number of aryl methyl sites for hydroxylation is 2. The number of hydrogen-bond acceptors (Lipinski definition) is 3. The van der Waals surface area contributed by atoms with Gasteiger partial charge in [0.15, 0.2) is 0 Å². The molecule has 2 rings (SSSR count). The zero-order chi connectivity index (χ0) is 14.4. The van der Waals surface area contributed by atoms with Gasteiger partial charge in [-0.25, -0.2) is 4.98 Å². The van der Waals surface area contributed by atoms with E-state index in [-0.39, 0.29) is 0 Å². The minimum Gasteiger partial charge on any atom is -0.474 e. The number of pyridine rings is 1. The van der Waals surface area contributed by atoms with Crippen molar-refractivity contribution < 1.29 is 4.74 Å². The van der Waals surface area contributed by atoms with Crippen molar-refractivity contribution in [3.63, 3.8) is 0 Å². The van der Waals surface area contributed by atoms with Gasteiger partial charge in [0.25, 0.3) is 0 Å². The normalized spacial score (nSPS) is 16.9. The van der Waals surface area contributed by atoms with E-state index in [4.69, 9.17) is 4.74 Å². The fourth-order valence-electron chi connectivity index (χ4n) is 2.91. The van der Waals surface area contributed by atoms with Crippen LogP contribution in [0.3, 0.4) is 0 Å². The quantitative estimate of drug-likeness (QED) is 0.828. The third-order valence-corrected chi connectivity index (χ3v) is 4.07. The van der Waals surface area contributed by atoms with Crippen LogP contribution >= 0.6 is 0 Å². The summed E-state index contributed by atoms with van der Waals surface area (Å²) in [6.07, 6.45) is 7.99. The number of nitrogens with one attached hydrogen (secondary N) is 1. The summed E-state index contributed by atoms with van der Waals surface area (Å²) < 4.78 is 6.27.